The van der Waals surface area contributed by atoms with E-state index in [-0.39, 0.29) is 11.9 Å². The van der Waals surface area contributed by atoms with E-state index in [0.29, 0.717) is 0 Å². The van der Waals surface area contributed by atoms with Crippen molar-refractivity contribution >= 4 is 11.9 Å². The third kappa shape index (κ3) is 3.60. The van der Waals surface area contributed by atoms with E-state index in [9.17, 15) is 9.59 Å². The minimum Gasteiger partial charge on any atom is -0.481 e. The van der Waals surface area contributed by atoms with Crippen molar-refractivity contribution in [1.82, 2.24) is 5.32 Å². The van der Waals surface area contributed by atoms with Gasteiger partial charge in [-0.3, -0.25) is 9.59 Å². The lowest BCUT2D eigenvalue weighted by molar-refractivity contribution is -0.146. The molecule has 3 unspecified atom stereocenters. The van der Waals surface area contributed by atoms with Crippen molar-refractivity contribution in [2.45, 2.75) is 26.8 Å². The molecule has 0 aromatic heterocycles. The maximum atomic E-state index is 11.4. The predicted molar refractivity (Wildman–Crippen MR) is 53.8 cm³/mol. The summed E-state index contributed by atoms with van der Waals surface area (Å²) in [5.41, 5.74) is 0. The lowest BCUT2D eigenvalue weighted by Crippen LogP contribution is -2.39. The van der Waals surface area contributed by atoms with Gasteiger partial charge in [0.25, 0.3) is 0 Å². The molecule has 0 saturated heterocycles. The molecule has 4 nitrogen and oxygen atoms in total. The summed E-state index contributed by atoms with van der Waals surface area (Å²) in [5, 5.41) is 11.3. The summed E-state index contributed by atoms with van der Waals surface area (Å²) < 4.78 is 0. The molecule has 0 heterocycles. The second kappa shape index (κ2) is 5.42. The van der Waals surface area contributed by atoms with Crippen molar-refractivity contribution in [2.75, 3.05) is 0 Å². The Labute approximate surface area is 84.0 Å². The van der Waals surface area contributed by atoms with Crippen molar-refractivity contribution in [1.29, 1.82) is 0 Å². The largest absolute Gasteiger partial charge is 0.481 e. The van der Waals surface area contributed by atoms with Crippen LogP contribution >= 0.6 is 0 Å². The van der Waals surface area contributed by atoms with Gasteiger partial charge < -0.3 is 10.4 Å². The van der Waals surface area contributed by atoms with Gasteiger partial charge in [0, 0.05) is 12.0 Å². The van der Waals surface area contributed by atoms with Gasteiger partial charge in [-0.05, 0) is 6.92 Å². The summed E-state index contributed by atoms with van der Waals surface area (Å²) in [6, 6.07) is -0.133. The van der Waals surface area contributed by atoms with Crippen LogP contribution in [0.15, 0.2) is 12.7 Å². The van der Waals surface area contributed by atoms with E-state index in [1.54, 1.807) is 19.9 Å². The van der Waals surface area contributed by atoms with Gasteiger partial charge in [0.2, 0.25) is 5.91 Å². The van der Waals surface area contributed by atoms with Crippen LogP contribution in [0.2, 0.25) is 0 Å². The second-order valence-electron chi connectivity index (χ2n) is 3.45. The summed E-state index contributed by atoms with van der Waals surface area (Å²) >= 11 is 0. The van der Waals surface area contributed by atoms with E-state index >= 15 is 0 Å². The Morgan fingerprint density at radius 1 is 1.29 bits per heavy atom. The second-order valence-corrected chi connectivity index (χ2v) is 3.45. The Morgan fingerprint density at radius 2 is 1.79 bits per heavy atom. The first-order chi connectivity index (χ1) is 6.40. The van der Waals surface area contributed by atoms with Crippen LogP contribution in [-0.4, -0.2) is 23.0 Å². The number of carboxylic acids is 1. The van der Waals surface area contributed by atoms with Gasteiger partial charge in [0.1, 0.15) is 0 Å². The third-order valence-electron chi connectivity index (χ3n) is 2.28. The molecule has 0 saturated carbocycles. The van der Waals surface area contributed by atoms with E-state index in [2.05, 4.69) is 11.9 Å². The number of carbonyl (C=O) groups excluding carboxylic acids is 1. The minimum atomic E-state index is -0.959. The highest BCUT2D eigenvalue weighted by atomic mass is 16.4. The van der Waals surface area contributed by atoms with Crippen molar-refractivity contribution < 1.29 is 14.7 Å². The lowest BCUT2D eigenvalue weighted by Gasteiger charge is -2.17. The van der Waals surface area contributed by atoms with Gasteiger partial charge in [-0.2, -0.15) is 0 Å². The summed E-state index contributed by atoms with van der Waals surface area (Å²) in [6.07, 6.45) is 1.59. The Hall–Kier alpha value is -1.32. The number of aliphatic carboxylic acids is 1. The number of carbonyl (C=O) groups is 2. The molecule has 80 valence electrons. The van der Waals surface area contributed by atoms with Crippen LogP contribution in [0.5, 0.6) is 0 Å². The first-order valence-corrected chi connectivity index (χ1v) is 4.55. The minimum absolute atomic E-state index is 0.133. The van der Waals surface area contributed by atoms with Gasteiger partial charge in [0.15, 0.2) is 0 Å². The van der Waals surface area contributed by atoms with Crippen molar-refractivity contribution in [3.05, 3.63) is 12.7 Å². The van der Waals surface area contributed by atoms with Crippen LogP contribution in [0.4, 0.5) is 0 Å². The fourth-order valence-electron chi connectivity index (χ4n) is 0.856. The quantitative estimate of drug-likeness (QED) is 0.650. The molecular weight excluding hydrogens is 182 g/mol. The van der Waals surface area contributed by atoms with Crippen LogP contribution in [-0.2, 0) is 9.59 Å². The summed E-state index contributed by atoms with van der Waals surface area (Å²) in [7, 11) is 0. The summed E-state index contributed by atoms with van der Waals surface area (Å²) in [4.78, 5) is 22.0. The van der Waals surface area contributed by atoms with Crippen LogP contribution in [0.1, 0.15) is 20.8 Å². The Bertz CT molecular complexity index is 238. The number of rotatable bonds is 5. The van der Waals surface area contributed by atoms with E-state index in [1.165, 1.54) is 6.92 Å². The SMILES string of the molecule is C=CC(C)NC(=O)C(C)C(C)C(=O)O. The van der Waals surface area contributed by atoms with Gasteiger partial charge >= 0.3 is 5.97 Å². The molecule has 1 amide bonds. The standard InChI is InChI=1S/C10H17NO3/c1-5-6(2)11-9(12)7(3)8(4)10(13)14/h5-8H,1H2,2-4H3,(H,11,12)(H,13,14). The lowest BCUT2D eigenvalue weighted by atomic mass is 9.95. The van der Waals surface area contributed by atoms with Gasteiger partial charge in [-0.15, -0.1) is 6.58 Å². The molecule has 3 atom stereocenters. The normalized spacial score (nSPS) is 16.5. The summed E-state index contributed by atoms with van der Waals surface area (Å²) in [6.45, 7) is 8.42. The highest BCUT2D eigenvalue weighted by Gasteiger charge is 2.25. The Balaban J connectivity index is 4.25. The molecule has 0 aliphatic carbocycles. The third-order valence-corrected chi connectivity index (χ3v) is 2.28. The van der Waals surface area contributed by atoms with E-state index in [0.717, 1.165) is 0 Å². The molecule has 0 spiro atoms. The topological polar surface area (TPSA) is 66.4 Å². The molecule has 0 aliphatic heterocycles. The first kappa shape index (κ1) is 12.7. The smallest absolute Gasteiger partial charge is 0.307 e. The fraction of sp³-hybridized carbons (Fsp3) is 0.600. The highest BCUT2D eigenvalue weighted by Crippen LogP contribution is 2.11. The van der Waals surface area contributed by atoms with Gasteiger partial charge in [-0.25, -0.2) is 0 Å². The molecule has 0 aliphatic rings. The van der Waals surface area contributed by atoms with Crippen LogP contribution < -0.4 is 5.32 Å². The zero-order chi connectivity index (χ0) is 11.3. The molecule has 0 rings (SSSR count). The zero-order valence-electron chi connectivity index (χ0n) is 8.78. The van der Waals surface area contributed by atoms with Crippen LogP contribution in [0.25, 0.3) is 0 Å². The molecule has 4 heteroatoms. The summed E-state index contributed by atoms with van der Waals surface area (Å²) in [5.74, 6) is -2.42. The zero-order valence-corrected chi connectivity index (χ0v) is 8.78. The van der Waals surface area contributed by atoms with Crippen molar-refractivity contribution in [3.8, 4) is 0 Å². The average molecular weight is 199 g/mol. The van der Waals surface area contributed by atoms with Gasteiger partial charge in [0.05, 0.1) is 5.92 Å². The van der Waals surface area contributed by atoms with E-state index < -0.39 is 17.8 Å². The number of nitrogens with one attached hydrogen (secondary N) is 1. The molecule has 0 aromatic carbocycles. The molecular formula is C10H17NO3. The van der Waals surface area contributed by atoms with E-state index in [1.807, 2.05) is 0 Å². The monoisotopic (exact) mass is 199 g/mol. The number of amides is 1. The number of carboxylic acid groups (broad SMARTS) is 1. The molecule has 0 bridgehead atoms. The Morgan fingerprint density at radius 3 is 2.14 bits per heavy atom. The first-order valence-electron chi connectivity index (χ1n) is 4.55. The highest BCUT2D eigenvalue weighted by molar-refractivity contribution is 5.84. The van der Waals surface area contributed by atoms with Gasteiger partial charge in [-0.1, -0.05) is 19.9 Å². The molecule has 2 N–H and O–H groups in total. The predicted octanol–water partition coefficient (Wildman–Crippen LogP) is 1.03. The van der Waals surface area contributed by atoms with Crippen molar-refractivity contribution in [2.24, 2.45) is 11.8 Å². The average Bonchev–Trinajstić information content (AvgIpc) is 2.14. The Kier molecular flexibility index (Phi) is 4.91. The maximum absolute atomic E-state index is 11.4. The molecule has 14 heavy (non-hydrogen) atoms. The number of hydrogen-bond donors (Lipinski definition) is 2. The molecule has 0 fully saturated rings. The van der Waals surface area contributed by atoms with Crippen LogP contribution in [0, 0.1) is 11.8 Å². The maximum Gasteiger partial charge on any atom is 0.307 e. The molecule has 0 aromatic rings. The van der Waals surface area contributed by atoms with Crippen molar-refractivity contribution in [3.63, 3.8) is 0 Å². The fourth-order valence-corrected chi connectivity index (χ4v) is 0.856. The van der Waals surface area contributed by atoms with Crippen LogP contribution in [0.3, 0.4) is 0 Å². The molecule has 0 radical (unpaired) electrons. The number of hydrogen-bond acceptors (Lipinski definition) is 2. The van der Waals surface area contributed by atoms with E-state index in [4.69, 9.17) is 5.11 Å².